The number of carboxylic acid groups (broad SMARTS) is 1. The van der Waals surface area contributed by atoms with Crippen LogP contribution in [0.4, 0.5) is 0 Å². The van der Waals surface area contributed by atoms with Gasteiger partial charge in [-0.1, -0.05) is 44.5 Å². The molecule has 182 valence electrons. The van der Waals surface area contributed by atoms with Gasteiger partial charge in [-0.25, -0.2) is 0 Å². The molecule has 1 fully saturated rings. The topological polar surface area (TPSA) is 159 Å². The lowest BCUT2D eigenvalue weighted by molar-refractivity contribution is -0.144. The van der Waals surface area contributed by atoms with Crippen molar-refractivity contribution < 1.29 is 29.1 Å². The number of hydrogen-bond acceptors (Lipinski definition) is 6. The van der Waals surface area contributed by atoms with Crippen LogP contribution in [0.3, 0.4) is 0 Å². The molecule has 0 spiro atoms. The maximum Gasteiger partial charge on any atom is 0.305 e. The first-order valence-corrected chi connectivity index (χ1v) is 11.1. The molecule has 2 aliphatic rings. The Balaban J connectivity index is 2.19. The van der Waals surface area contributed by atoms with Gasteiger partial charge in [-0.15, -0.1) is 0 Å². The second-order valence-corrected chi connectivity index (χ2v) is 9.81. The van der Waals surface area contributed by atoms with Crippen molar-refractivity contribution in [2.75, 3.05) is 6.54 Å². The number of carboxylic acids is 1. The van der Waals surface area contributed by atoms with Crippen LogP contribution in [0.15, 0.2) is 22.8 Å². The summed E-state index contributed by atoms with van der Waals surface area (Å²) in [6, 6.07) is -3.30. The first-order chi connectivity index (χ1) is 15.3. The number of amides is 3. The number of halogens is 1. The minimum atomic E-state index is -1.23. The highest BCUT2D eigenvalue weighted by Crippen LogP contribution is 2.28. The fourth-order valence-electron chi connectivity index (χ4n) is 3.82. The van der Waals surface area contributed by atoms with Gasteiger partial charge in [-0.05, 0) is 18.3 Å². The van der Waals surface area contributed by atoms with Crippen LogP contribution >= 0.6 is 11.6 Å². The van der Waals surface area contributed by atoms with Crippen LogP contribution in [0, 0.1) is 5.41 Å². The molecule has 1 aliphatic heterocycles. The summed E-state index contributed by atoms with van der Waals surface area (Å²) in [6.07, 6.45) is 4.23. The van der Waals surface area contributed by atoms with Gasteiger partial charge in [-0.3, -0.25) is 19.2 Å². The average Bonchev–Trinajstić information content (AvgIpc) is 3.19. The highest BCUT2D eigenvalue weighted by atomic mass is 35.5. The van der Waals surface area contributed by atoms with E-state index >= 15 is 0 Å². The third-order valence-corrected chi connectivity index (χ3v) is 5.93. The quantitative estimate of drug-likeness (QED) is 0.365. The van der Waals surface area contributed by atoms with E-state index < -0.39 is 53.7 Å². The lowest BCUT2D eigenvalue weighted by atomic mass is 9.85. The van der Waals surface area contributed by atoms with Gasteiger partial charge in [0.15, 0.2) is 0 Å². The smallest absolute Gasteiger partial charge is 0.305 e. The summed E-state index contributed by atoms with van der Waals surface area (Å²) in [7, 11) is 0. The number of carbonyl (C=O) groups is 5. The number of nitrogens with two attached hydrogens (primary N) is 1. The van der Waals surface area contributed by atoms with E-state index in [4.69, 9.17) is 22.4 Å². The molecule has 3 amide bonds. The van der Waals surface area contributed by atoms with Crippen molar-refractivity contribution in [2.24, 2.45) is 11.1 Å². The van der Waals surface area contributed by atoms with Crippen molar-refractivity contribution in [3.8, 4) is 0 Å². The molecule has 1 saturated heterocycles. The third-order valence-electron chi connectivity index (χ3n) is 5.58. The van der Waals surface area contributed by atoms with Crippen LogP contribution in [0.2, 0.25) is 0 Å². The van der Waals surface area contributed by atoms with Crippen LogP contribution in [0.25, 0.3) is 0 Å². The van der Waals surface area contributed by atoms with Crippen LogP contribution in [-0.4, -0.2) is 70.7 Å². The van der Waals surface area contributed by atoms with Gasteiger partial charge >= 0.3 is 5.97 Å². The number of aldehydes is 1. The summed E-state index contributed by atoms with van der Waals surface area (Å²) in [5.41, 5.74) is 5.36. The molecule has 0 aromatic carbocycles. The Hall–Kier alpha value is -2.72. The minimum absolute atomic E-state index is 0.235. The summed E-state index contributed by atoms with van der Waals surface area (Å²) >= 11 is 6.21. The van der Waals surface area contributed by atoms with Crippen molar-refractivity contribution in [3.05, 3.63) is 22.8 Å². The van der Waals surface area contributed by atoms with E-state index in [9.17, 15) is 24.0 Å². The first-order valence-electron chi connectivity index (χ1n) is 10.8. The maximum absolute atomic E-state index is 13.5. The van der Waals surface area contributed by atoms with Crippen molar-refractivity contribution in [3.63, 3.8) is 0 Å². The molecule has 0 aromatic heterocycles. The van der Waals surface area contributed by atoms with Crippen LogP contribution in [0.5, 0.6) is 0 Å². The fourth-order valence-corrected chi connectivity index (χ4v) is 4.15. The molecule has 10 nitrogen and oxygen atoms in total. The Bertz CT molecular complexity index is 879. The van der Waals surface area contributed by atoms with E-state index in [-0.39, 0.29) is 11.6 Å². The van der Waals surface area contributed by atoms with Gasteiger partial charge in [-0.2, -0.15) is 0 Å². The molecule has 5 N–H and O–H groups in total. The largest absolute Gasteiger partial charge is 0.481 e. The Morgan fingerprint density at radius 3 is 2.52 bits per heavy atom. The normalized spacial score (nSPS) is 22.5. The van der Waals surface area contributed by atoms with E-state index in [0.29, 0.717) is 37.1 Å². The van der Waals surface area contributed by atoms with Gasteiger partial charge in [0.1, 0.15) is 18.4 Å². The Morgan fingerprint density at radius 2 is 1.97 bits per heavy atom. The molecule has 4 atom stereocenters. The maximum atomic E-state index is 13.5. The predicted molar refractivity (Wildman–Crippen MR) is 121 cm³/mol. The number of likely N-dealkylation sites (tertiary alicyclic amines) is 1. The Labute approximate surface area is 197 Å². The molecule has 0 saturated carbocycles. The lowest BCUT2D eigenvalue weighted by Gasteiger charge is -2.35. The second-order valence-electron chi connectivity index (χ2n) is 9.36. The van der Waals surface area contributed by atoms with Gasteiger partial charge in [0.05, 0.1) is 18.0 Å². The number of nitrogens with one attached hydrogen (secondary N) is 2. The zero-order valence-electron chi connectivity index (χ0n) is 19.0. The molecule has 0 aromatic rings. The highest BCUT2D eigenvalue weighted by molar-refractivity contribution is 6.32. The second kappa shape index (κ2) is 10.9. The molecule has 1 aliphatic carbocycles. The molecule has 1 heterocycles. The summed E-state index contributed by atoms with van der Waals surface area (Å²) in [5, 5.41) is 14.3. The molecule has 11 heteroatoms. The molecule has 1 unspecified atom stereocenters. The van der Waals surface area contributed by atoms with Gasteiger partial charge < -0.3 is 31.2 Å². The zero-order valence-corrected chi connectivity index (χ0v) is 19.7. The van der Waals surface area contributed by atoms with E-state index in [2.05, 4.69) is 10.6 Å². The van der Waals surface area contributed by atoms with Crippen molar-refractivity contribution in [2.45, 2.75) is 70.6 Å². The summed E-state index contributed by atoms with van der Waals surface area (Å²) in [5.74, 6) is -2.79. The van der Waals surface area contributed by atoms with Gasteiger partial charge in [0.25, 0.3) is 5.91 Å². The monoisotopic (exact) mass is 482 g/mol. The summed E-state index contributed by atoms with van der Waals surface area (Å²) < 4.78 is 0. The van der Waals surface area contributed by atoms with Gasteiger partial charge in [0, 0.05) is 24.0 Å². The third kappa shape index (κ3) is 6.88. The van der Waals surface area contributed by atoms with Crippen LogP contribution in [0.1, 0.15) is 46.5 Å². The molecule has 33 heavy (non-hydrogen) atoms. The average molecular weight is 483 g/mol. The number of aliphatic carboxylic acids is 1. The Kier molecular flexibility index (Phi) is 8.79. The standard InChI is InChI=1S/C22H31ClN4O6/c1-22(2,3)18(26-19(31)14-7-6-12(24)9-15(14)23)21(33)27-8-4-5-16(27)20(32)25-13(11-28)10-17(29)30/h6-7,11-13,16,18H,4-5,8-10,24H2,1-3H3,(H,25,32)(H,26,31)(H,29,30)/t12?,13-,16-,18+/m0/s1. The highest BCUT2D eigenvalue weighted by Gasteiger charge is 2.42. The summed E-state index contributed by atoms with van der Waals surface area (Å²) in [4.78, 5) is 62.5. The fraction of sp³-hybridized carbons (Fsp3) is 0.591. The SMILES string of the molecule is CC(C)(C)[C@H](NC(=O)C1=C(Cl)CC(N)C=C1)C(=O)N1CCC[C@H]1C(=O)N[C@H](C=O)CC(=O)O. The number of nitrogens with zero attached hydrogens (tertiary/aromatic N) is 1. The van der Waals surface area contributed by atoms with E-state index in [1.54, 1.807) is 26.8 Å². The Morgan fingerprint density at radius 1 is 1.30 bits per heavy atom. The van der Waals surface area contributed by atoms with E-state index in [1.165, 1.54) is 11.0 Å². The molecule has 2 rings (SSSR count). The van der Waals surface area contributed by atoms with Crippen LogP contribution < -0.4 is 16.4 Å². The van der Waals surface area contributed by atoms with E-state index in [1.807, 2.05) is 0 Å². The molecule has 0 bridgehead atoms. The van der Waals surface area contributed by atoms with Crippen molar-refractivity contribution in [1.29, 1.82) is 0 Å². The number of rotatable bonds is 8. The van der Waals surface area contributed by atoms with Gasteiger partial charge in [0.2, 0.25) is 11.8 Å². The van der Waals surface area contributed by atoms with Crippen molar-refractivity contribution >= 4 is 41.6 Å². The van der Waals surface area contributed by atoms with Crippen LogP contribution in [-0.2, 0) is 24.0 Å². The van der Waals surface area contributed by atoms with Crippen molar-refractivity contribution in [1.82, 2.24) is 15.5 Å². The molecular weight excluding hydrogens is 452 g/mol. The number of hydrogen-bond donors (Lipinski definition) is 4. The van der Waals surface area contributed by atoms with E-state index in [0.717, 1.165) is 0 Å². The summed E-state index contributed by atoms with van der Waals surface area (Å²) in [6.45, 7) is 5.67. The molecular formula is C22H31ClN4O6. The first kappa shape index (κ1) is 26.5. The molecule has 0 radical (unpaired) electrons. The number of carbonyl (C=O) groups excluding carboxylic acids is 4. The predicted octanol–water partition coefficient (Wildman–Crippen LogP) is 0.447. The lowest BCUT2D eigenvalue weighted by Crippen LogP contribution is -2.58. The zero-order chi connectivity index (χ0) is 24.9. The minimum Gasteiger partial charge on any atom is -0.481 e.